The predicted octanol–water partition coefficient (Wildman–Crippen LogP) is 4.23. The van der Waals surface area contributed by atoms with Gasteiger partial charge in [-0.25, -0.2) is 0 Å². The van der Waals surface area contributed by atoms with Gasteiger partial charge in [0.1, 0.15) is 0 Å². The normalized spacial score (nSPS) is 12.6. The smallest absolute Gasteiger partial charge is 0.0208 e. The van der Waals surface area contributed by atoms with Crippen LogP contribution in [0.15, 0.2) is 46.3 Å². The molecule has 0 aliphatic heterocycles. The Balaban J connectivity index is 1.82. The van der Waals surface area contributed by atoms with E-state index in [2.05, 4.69) is 69.9 Å². The summed E-state index contributed by atoms with van der Waals surface area (Å²) in [5.74, 6) is 0. The highest BCUT2D eigenvalue weighted by molar-refractivity contribution is 9.10. The average molecular weight is 310 g/mol. The molecule has 0 spiro atoms. The van der Waals surface area contributed by atoms with Crippen LogP contribution in [0, 0.1) is 0 Å². The first-order valence-corrected chi connectivity index (χ1v) is 7.41. The zero-order valence-electron chi connectivity index (χ0n) is 9.82. The van der Waals surface area contributed by atoms with E-state index in [0.29, 0.717) is 6.04 Å². The highest BCUT2D eigenvalue weighted by Crippen LogP contribution is 2.13. The van der Waals surface area contributed by atoms with Gasteiger partial charge in [0.2, 0.25) is 0 Å². The largest absolute Gasteiger partial charge is 0.310 e. The summed E-state index contributed by atoms with van der Waals surface area (Å²) in [6.07, 6.45) is 1.10. The zero-order chi connectivity index (χ0) is 12.1. The minimum Gasteiger partial charge on any atom is -0.310 e. The van der Waals surface area contributed by atoms with E-state index in [4.69, 9.17) is 0 Å². The average Bonchev–Trinajstić information content (AvgIpc) is 2.79. The van der Waals surface area contributed by atoms with Crippen LogP contribution in [0.5, 0.6) is 0 Å². The van der Waals surface area contributed by atoms with Gasteiger partial charge in [-0.3, -0.25) is 0 Å². The third kappa shape index (κ3) is 4.26. The molecule has 0 saturated carbocycles. The lowest BCUT2D eigenvalue weighted by atomic mass is 10.2. The molecule has 0 saturated heterocycles. The summed E-state index contributed by atoms with van der Waals surface area (Å²) in [6.45, 7) is 3.16. The maximum atomic E-state index is 3.55. The number of thiophene rings is 1. The lowest BCUT2D eigenvalue weighted by molar-refractivity contribution is 0.548. The second-order valence-corrected chi connectivity index (χ2v) is 6.14. The number of hydrogen-bond donors (Lipinski definition) is 1. The molecule has 0 amide bonds. The van der Waals surface area contributed by atoms with Gasteiger partial charge in [0.25, 0.3) is 0 Å². The van der Waals surface area contributed by atoms with Crippen LogP contribution in [0.4, 0.5) is 0 Å². The Morgan fingerprint density at radius 3 is 2.88 bits per heavy atom. The van der Waals surface area contributed by atoms with Gasteiger partial charge in [0.15, 0.2) is 0 Å². The Bertz CT molecular complexity index is 453. The summed E-state index contributed by atoms with van der Waals surface area (Å²) < 4.78 is 1.14. The molecule has 1 heterocycles. The molecule has 0 radical (unpaired) electrons. The molecule has 0 aliphatic carbocycles. The molecule has 1 aromatic heterocycles. The molecular weight excluding hydrogens is 294 g/mol. The van der Waals surface area contributed by atoms with Crippen LogP contribution in [-0.4, -0.2) is 6.04 Å². The molecule has 0 aliphatic rings. The Labute approximate surface area is 115 Å². The van der Waals surface area contributed by atoms with Crippen molar-refractivity contribution in [1.82, 2.24) is 5.32 Å². The third-order valence-electron chi connectivity index (χ3n) is 2.63. The number of benzene rings is 1. The number of hydrogen-bond acceptors (Lipinski definition) is 2. The molecule has 2 rings (SSSR count). The maximum absolute atomic E-state index is 3.55. The number of rotatable bonds is 5. The number of nitrogens with one attached hydrogen (secondary N) is 1. The van der Waals surface area contributed by atoms with Crippen molar-refractivity contribution in [3.8, 4) is 0 Å². The van der Waals surface area contributed by atoms with Gasteiger partial charge in [0, 0.05) is 21.9 Å². The van der Waals surface area contributed by atoms with Crippen LogP contribution in [0.25, 0.3) is 0 Å². The maximum Gasteiger partial charge on any atom is 0.0208 e. The standard InChI is InChI=1S/C14H16BrNS/c1-11(8-14-6-3-7-17-14)16-10-12-4-2-5-13(15)9-12/h2-7,9,11,16H,8,10H2,1H3. The molecular formula is C14H16BrNS. The van der Waals surface area contributed by atoms with Gasteiger partial charge < -0.3 is 5.32 Å². The summed E-state index contributed by atoms with van der Waals surface area (Å²) in [4.78, 5) is 1.44. The van der Waals surface area contributed by atoms with E-state index < -0.39 is 0 Å². The van der Waals surface area contributed by atoms with Crippen molar-refractivity contribution < 1.29 is 0 Å². The Morgan fingerprint density at radius 2 is 2.18 bits per heavy atom. The van der Waals surface area contributed by atoms with Gasteiger partial charge in [-0.05, 0) is 42.5 Å². The minimum absolute atomic E-state index is 0.507. The Hall–Kier alpha value is -0.640. The van der Waals surface area contributed by atoms with Gasteiger partial charge in [-0.2, -0.15) is 0 Å². The summed E-state index contributed by atoms with van der Waals surface area (Å²) in [7, 11) is 0. The summed E-state index contributed by atoms with van der Waals surface area (Å²) in [5, 5.41) is 5.69. The second-order valence-electron chi connectivity index (χ2n) is 4.20. The van der Waals surface area contributed by atoms with Gasteiger partial charge >= 0.3 is 0 Å². The summed E-state index contributed by atoms with van der Waals surface area (Å²) in [5.41, 5.74) is 1.32. The van der Waals surface area contributed by atoms with Gasteiger partial charge in [-0.15, -0.1) is 11.3 Å². The van der Waals surface area contributed by atoms with E-state index in [1.807, 2.05) is 11.3 Å². The fourth-order valence-corrected chi connectivity index (χ4v) is 3.02. The van der Waals surface area contributed by atoms with E-state index in [1.165, 1.54) is 10.4 Å². The van der Waals surface area contributed by atoms with Crippen LogP contribution in [0.2, 0.25) is 0 Å². The van der Waals surface area contributed by atoms with Crippen molar-refractivity contribution in [2.75, 3.05) is 0 Å². The quantitative estimate of drug-likeness (QED) is 0.871. The van der Waals surface area contributed by atoms with E-state index in [0.717, 1.165) is 17.4 Å². The number of halogens is 1. The molecule has 0 bridgehead atoms. The summed E-state index contributed by atoms with van der Waals surface area (Å²) in [6, 6.07) is 13.3. The fraction of sp³-hybridized carbons (Fsp3) is 0.286. The molecule has 90 valence electrons. The molecule has 2 aromatic rings. The second kappa shape index (κ2) is 6.34. The van der Waals surface area contributed by atoms with Crippen molar-refractivity contribution >= 4 is 27.3 Å². The molecule has 0 fully saturated rings. The van der Waals surface area contributed by atoms with Crippen molar-refractivity contribution in [3.05, 3.63) is 56.7 Å². The fourth-order valence-electron chi connectivity index (χ4n) is 1.74. The van der Waals surface area contributed by atoms with Gasteiger partial charge in [-0.1, -0.05) is 34.1 Å². The Kier molecular flexibility index (Phi) is 4.77. The SMILES string of the molecule is CC(Cc1cccs1)NCc1cccc(Br)c1. The molecule has 1 aromatic carbocycles. The van der Waals surface area contributed by atoms with Crippen LogP contribution < -0.4 is 5.32 Å². The van der Waals surface area contributed by atoms with E-state index in [1.54, 1.807) is 0 Å². The molecule has 3 heteroatoms. The highest BCUT2D eigenvalue weighted by Gasteiger charge is 2.04. The monoisotopic (exact) mass is 309 g/mol. The Morgan fingerprint density at radius 1 is 1.29 bits per heavy atom. The molecule has 1 nitrogen and oxygen atoms in total. The molecule has 1 unspecified atom stereocenters. The molecule has 1 atom stereocenters. The predicted molar refractivity (Wildman–Crippen MR) is 78.5 cm³/mol. The van der Waals surface area contributed by atoms with Gasteiger partial charge in [0.05, 0.1) is 0 Å². The lowest BCUT2D eigenvalue weighted by Gasteiger charge is -2.13. The van der Waals surface area contributed by atoms with E-state index in [9.17, 15) is 0 Å². The van der Waals surface area contributed by atoms with Crippen LogP contribution in [0.3, 0.4) is 0 Å². The first kappa shape index (κ1) is 12.8. The first-order valence-electron chi connectivity index (χ1n) is 5.74. The minimum atomic E-state index is 0.507. The van der Waals surface area contributed by atoms with Crippen molar-refractivity contribution in [2.45, 2.75) is 25.9 Å². The third-order valence-corrected chi connectivity index (χ3v) is 4.02. The lowest BCUT2D eigenvalue weighted by Crippen LogP contribution is -2.27. The first-order chi connectivity index (χ1) is 8.24. The summed E-state index contributed by atoms with van der Waals surface area (Å²) >= 11 is 5.32. The molecule has 1 N–H and O–H groups in total. The van der Waals surface area contributed by atoms with Crippen molar-refractivity contribution in [1.29, 1.82) is 0 Å². The van der Waals surface area contributed by atoms with Crippen LogP contribution in [0.1, 0.15) is 17.4 Å². The van der Waals surface area contributed by atoms with E-state index in [-0.39, 0.29) is 0 Å². The molecule has 17 heavy (non-hydrogen) atoms. The van der Waals surface area contributed by atoms with Crippen molar-refractivity contribution in [2.24, 2.45) is 0 Å². The van der Waals surface area contributed by atoms with Crippen LogP contribution in [-0.2, 0) is 13.0 Å². The topological polar surface area (TPSA) is 12.0 Å². The zero-order valence-corrected chi connectivity index (χ0v) is 12.2. The van der Waals surface area contributed by atoms with E-state index >= 15 is 0 Å². The van der Waals surface area contributed by atoms with Crippen LogP contribution >= 0.6 is 27.3 Å². The highest BCUT2D eigenvalue weighted by atomic mass is 79.9. The van der Waals surface area contributed by atoms with Crippen molar-refractivity contribution in [3.63, 3.8) is 0 Å².